The van der Waals surface area contributed by atoms with Crippen LogP contribution in [0.1, 0.15) is 24.6 Å². The highest BCUT2D eigenvalue weighted by Crippen LogP contribution is 2.27. The molecule has 0 aromatic carbocycles. The van der Waals surface area contributed by atoms with Crippen LogP contribution in [0.5, 0.6) is 0 Å². The average molecular weight is 308 g/mol. The van der Waals surface area contributed by atoms with Gasteiger partial charge in [-0.2, -0.15) is 0 Å². The Balaban J connectivity index is 0.00000128. The second-order valence-electron chi connectivity index (χ2n) is 3.88. The first-order chi connectivity index (χ1) is 7.27. The van der Waals surface area contributed by atoms with Crippen LogP contribution in [0.3, 0.4) is 0 Å². The lowest BCUT2D eigenvalue weighted by Crippen LogP contribution is -2.28. The lowest BCUT2D eigenvalue weighted by atomic mass is 9.90. The van der Waals surface area contributed by atoms with Crippen LogP contribution >= 0.6 is 28.3 Å². The van der Waals surface area contributed by atoms with Crippen molar-refractivity contribution in [1.82, 2.24) is 4.98 Å². The highest BCUT2D eigenvalue weighted by molar-refractivity contribution is 9.10. The highest BCUT2D eigenvalue weighted by atomic mass is 79.9. The SMILES string of the molecule is Cl.N[C@H](c1ccc(Br)cn1)C1CCOCC1. The molecule has 1 fully saturated rings. The molecule has 2 N–H and O–H groups in total. The molecule has 0 unspecified atom stereocenters. The molecule has 5 heteroatoms. The Hall–Kier alpha value is -0.160. The monoisotopic (exact) mass is 306 g/mol. The van der Waals surface area contributed by atoms with Crippen LogP contribution in [0.25, 0.3) is 0 Å². The first kappa shape index (κ1) is 13.9. The number of hydrogen-bond donors (Lipinski definition) is 1. The van der Waals surface area contributed by atoms with E-state index in [1.807, 2.05) is 12.1 Å². The van der Waals surface area contributed by atoms with Crippen molar-refractivity contribution < 1.29 is 4.74 Å². The molecule has 1 aromatic rings. The molecule has 0 aliphatic carbocycles. The third-order valence-corrected chi connectivity index (χ3v) is 3.33. The summed E-state index contributed by atoms with van der Waals surface area (Å²) in [5.41, 5.74) is 7.16. The zero-order valence-corrected chi connectivity index (χ0v) is 11.3. The first-order valence-electron chi connectivity index (χ1n) is 5.22. The Labute approximate surface area is 110 Å². The Morgan fingerprint density at radius 2 is 2.06 bits per heavy atom. The van der Waals surface area contributed by atoms with Crippen molar-refractivity contribution in [3.05, 3.63) is 28.5 Å². The lowest BCUT2D eigenvalue weighted by molar-refractivity contribution is 0.0579. The molecule has 90 valence electrons. The van der Waals surface area contributed by atoms with Crippen molar-refractivity contribution in [3.8, 4) is 0 Å². The molecule has 3 nitrogen and oxygen atoms in total. The second-order valence-corrected chi connectivity index (χ2v) is 4.79. The van der Waals surface area contributed by atoms with Gasteiger partial charge in [-0.15, -0.1) is 12.4 Å². The van der Waals surface area contributed by atoms with Gasteiger partial charge in [0.15, 0.2) is 0 Å². The largest absolute Gasteiger partial charge is 0.381 e. The van der Waals surface area contributed by atoms with Crippen molar-refractivity contribution in [2.75, 3.05) is 13.2 Å². The van der Waals surface area contributed by atoms with Crippen molar-refractivity contribution >= 4 is 28.3 Å². The zero-order chi connectivity index (χ0) is 10.7. The number of halogens is 2. The first-order valence-corrected chi connectivity index (χ1v) is 6.01. The minimum atomic E-state index is 0. The van der Waals surface area contributed by atoms with Crippen molar-refractivity contribution in [1.29, 1.82) is 0 Å². The molecule has 2 rings (SSSR count). The van der Waals surface area contributed by atoms with Crippen LogP contribution in [-0.4, -0.2) is 18.2 Å². The van der Waals surface area contributed by atoms with E-state index in [4.69, 9.17) is 10.5 Å². The maximum atomic E-state index is 6.19. The Kier molecular flexibility index (Phi) is 5.69. The summed E-state index contributed by atoms with van der Waals surface area (Å²) in [5.74, 6) is 0.507. The number of rotatable bonds is 2. The van der Waals surface area contributed by atoms with Gasteiger partial charge in [-0.25, -0.2) is 0 Å². The molecule has 0 bridgehead atoms. The molecule has 1 saturated heterocycles. The molecular formula is C11H16BrClN2O. The van der Waals surface area contributed by atoms with Gasteiger partial charge in [0, 0.05) is 29.9 Å². The summed E-state index contributed by atoms with van der Waals surface area (Å²) >= 11 is 3.37. The van der Waals surface area contributed by atoms with E-state index >= 15 is 0 Å². The third-order valence-electron chi connectivity index (χ3n) is 2.87. The number of pyridine rings is 1. The van der Waals surface area contributed by atoms with Gasteiger partial charge in [0.1, 0.15) is 0 Å². The second kappa shape index (κ2) is 6.55. The average Bonchev–Trinajstić information content (AvgIpc) is 2.30. The molecule has 1 aliphatic heterocycles. The zero-order valence-electron chi connectivity index (χ0n) is 8.93. The van der Waals surface area contributed by atoms with Gasteiger partial charge in [-0.3, -0.25) is 4.98 Å². The van der Waals surface area contributed by atoms with E-state index in [1.54, 1.807) is 6.20 Å². The lowest BCUT2D eigenvalue weighted by Gasteiger charge is -2.27. The number of hydrogen-bond acceptors (Lipinski definition) is 3. The molecule has 1 aromatic heterocycles. The van der Waals surface area contributed by atoms with E-state index in [0.717, 1.165) is 36.2 Å². The molecule has 2 heterocycles. The Bertz CT molecular complexity index is 314. The van der Waals surface area contributed by atoms with Gasteiger partial charge in [0.05, 0.1) is 5.69 Å². The van der Waals surface area contributed by atoms with E-state index in [2.05, 4.69) is 20.9 Å². The molecule has 16 heavy (non-hydrogen) atoms. The van der Waals surface area contributed by atoms with Crippen LogP contribution in [0.4, 0.5) is 0 Å². The highest BCUT2D eigenvalue weighted by Gasteiger charge is 2.22. The summed E-state index contributed by atoms with van der Waals surface area (Å²) in [6.07, 6.45) is 3.88. The summed E-state index contributed by atoms with van der Waals surface area (Å²) in [7, 11) is 0. The van der Waals surface area contributed by atoms with E-state index < -0.39 is 0 Å². The fourth-order valence-corrected chi connectivity index (χ4v) is 2.14. The smallest absolute Gasteiger partial charge is 0.0574 e. The summed E-state index contributed by atoms with van der Waals surface area (Å²) in [6, 6.07) is 4.02. The van der Waals surface area contributed by atoms with Gasteiger partial charge in [0.2, 0.25) is 0 Å². The Morgan fingerprint density at radius 3 is 2.62 bits per heavy atom. The number of aromatic nitrogens is 1. The quantitative estimate of drug-likeness (QED) is 0.914. The van der Waals surface area contributed by atoms with Crippen molar-refractivity contribution in [2.45, 2.75) is 18.9 Å². The fraction of sp³-hybridized carbons (Fsp3) is 0.545. The molecular weight excluding hydrogens is 291 g/mol. The van der Waals surface area contributed by atoms with Gasteiger partial charge in [-0.1, -0.05) is 0 Å². The van der Waals surface area contributed by atoms with Crippen LogP contribution in [-0.2, 0) is 4.74 Å². The third kappa shape index (κ3) is 3.42. The minimum absolute atomic E-state index is 0. The van der Waals surface area contributed by atoms with Crippen molar-refractivity contribution in [3.63, 3.8) is 0 Å². The molecule has 0 spiro atoms. The topological polar surface area (TPSA) is 48.1 Å². The standard InChI is InChI=1S/C11H15BrN2O.ClH/c12-9-1-2-10(14-7-9)11(13)8-3-5-15-6-4-8;/h1-2,7-8,11H,3-6,13H2;1H/t11-;/m0./s1. The molecule has 1 atom stereocenters. The van der Waals surface area contributed by atoms with Crippen LogP contribution in [0, 0.1) is 5.92 Å². The minimum Gasteiger partial charge on any atom is -0.381 e. The summed E-state index contributed by atoms with van der Waals surface area (Å²) in [4.78, 5) is 4.34. The van der Waals surface area contributed by atoms with Gasteiger partial charge < -0.3 is 10.5 Å². The number of nitrogens with zero attached hydrogens (tertiary/aromatic N) is 1. The molecule has 0 saturated carbocycles. The van der Waals surface area contributed by atoms with Crippen LogP contribution < -0.4 is 5.73 Å². The maximum absolute atomic E-state index is 6.19. The summed E-state index contributed by atoms with van der Waals surface area (Å²) in [6.45, 7) is 1.66. The number of ether oxygens (including phenoxy) is 1. The van der Waals surface area contributed by atoms with Crippen LogP contribution in [0.15, 0.2) is 22.8 Å². The molecule has 1 aliphatic rings. The van der Waals surface area contributed by atoms with Crippen LogP contribution in [0.2, 0.25) is 0 Å². The van der Waals surface area contributed by atoms with Gasteiger partial charge in [-0.05, 0) is 46.8 Å². The number of nitrogens with two attached hydrogens (primary N) is 1. The van der Waals surface area contributed by atoms with Gasteiger partial charge >= 0.3 is 0 Å². The summed E-state index contributed by atoms with van der Waals surface area (Å²) < 4.78 is 6.31. The van der Waals surface area contributed by atoms with E-state index in [0.29, 0.717) is 5.92 Å². The predicted molar refractivity (Wildman–Crippen MR) is 69.7 cm³/mol. The summed E-state index contributed by atoms with van der Waals surface area (Å²) in [5, 5.41) is 0. The van der Waals surface area contributed by atoms with E-state index in [9.17, 15) is 0 Å². The van der Waals surface area contributed by atoms with Gasteiger partial charge in [0.25, 0.3) is 0 Å². The fourth-order valence-electron chi connectivity index (χ4n) is 1.90. The molecule has 0 amide bonds. The van der Waals surface area contributed by atoms with E-state index in [-0.39, 0.29) is 18.4 Å². The van der Waals surface area contributed by atoms with E-state index in [1.165, 1.54) is 0 Å². The normalized spacial score (nSPS) is 18.9. The Morgan fingerprint density at radius 1 is 1.38 bits per heavy atom. The predicted octanol–water partition coefficient (Wildman–Crippen LogP) is 2.69. The maximum Gasteiger partial charge on any atom is 0.0574 e. The van der Waals surface area contributed by atoms with Crippen molar-refractivity contribution in [2.24, 2.45) is 11.7 Å². The molecule has 0 radical (unpaired) electrons.